The number of amides is 1. The van der Waals surface area contributed by atoms with Crippen molar-refractivity contribution >= 4 is 21.6 Å². The number of carbonyl (C=O) groups is 1. The molecule has 10 heteroatoms. The van der Waals surface area contributed by atoms with Crippen molar-refractivity contribution in [2.45, 2.75) is 31.7 Å². The van der Waals surface area contributed by atoms with Crippen LogP contribution in [0.4, 0.5) is 10.1 Å². The third-order valence-electron chi connectivity index (χ3n) is 2.80. The molecular weight excluding hydrogens is 317 g/mol. The Morgan fingerprint density at radius 2 is 2.05 bits per heavy atom. The fourth-order valence-electron chi connectivity index (χ4n) is 1.68. The molecule has 1 aromatic rings. The number of nitrogens with zero attached hydrogens (tertiary/aromatic N) is 1. The molecule has 0 bridgehead atoms. The van der Waals surface area contributed by atoms with E-state index in [2.05, 4.69) is 5.32 Å². The maximum atomic E-state index is 13.6. The molecule has 0 spiro atoms. The maximum absolute atomic E-state index is 13.6. The largest absolute Gasteiger partial charge is 0.355 e. The molecule has 0 radical (unpaired) electrons. The first kappa shape index (κ1) is 18.0. The predicted octanol–water partition coefficient (Wildman–Crippen LogP) is 0.845. The fraction of sp³-hybridized carbons (Fsp3) is 0.417. The maximum Gasteiger partial charge on any atom is 0.289 e. The van der Waals surface area contributed by atoms with Gasteiger partial charge in [0.15, 0.2) is 4.90 Å². The van der Waals surface area contributed by atoms with Crippen LogP contribution in [-0.4, -0.2) is 31.8 Å². The van der Waals surface area contributed by atoms with Crippen LogP contribution >= 0.6 is 0 Å². The van der Waals surface area contributed by atoms with Crippen LogP contribution in [0.1, 0.15) is 19.4 Å². The van der Waals surface area contributed by atoms with Crippen LogP contribution in [0.2, 0.25) is 0 Å². The van der Waals surface area contributed by atoms with Gasteiger partial charge in [-0.1, -0.05) is 0 Å². The van der Waals surface area contributed by atoms with E-state index < -0.39 is 43.3 Å². The summed E-state index contributed by atoms with van der Waals surface area (Å²) < 4.78 is 39.9. The quantitative estimate of drug-likeness (QED) is 0.591. The summed E-state index contributed by atoms with van der Waals surface area (Å²) in [5.41, 5.74) is -0.808. The number of nitro benzene ring substituents is 1. The number of hydrogen-bond donors (Lipinski definition) is 2. The molecule has 0 aliphatic rings. The Labute approximate surface area is 126 Å². The third kappa shape index (κ3) is 3.98. The summed E-state index contributed by atoms with van der Waals surface area (Å²) >= 11 is 0. The van der Waals surface area contributed by atoms with Crippen molar-refractivity contribution in [1.82, 2.24) is 10.0 Å². The first-order chi connectivity index (χ1) is 10.1. The van der Waals surface area contributed by atoms with Gasteiger partial charge in [-0.05, 0) is 26.3 Å². The van der Waals surface area contributed by atoms with E-state index in [1.165, 1.54) is 13.8 Å². The molecule has 0 aliphatic carbocycles. The number of nitro groups is 1. The van der Waals surface area contributed by atoms with Gasteiger partial charge >= 0.3 is 0 Å². The van der Waals surface area contributed by atoms with E-state index in [0.29, 0.717) is 12.6 Å². The number of rotatable bonds is 6. The van der Waals surface area contributed by atoms with E-state index in [1.807, 2.05) is 4.72 Å². The van der Waals surface area contributed by atoms with E-state index in [0.717, 1.165) is 6.07 Å². The number of halogens is 1. The molecule has 0 aliphatic heterocycles. The second kappa shape index (κ2) is 6.79. The number of carbonyl (C=O) groups excluding carboxylic acids is 1. The summed E-state index contributed by atoms with van der Waals surface area (Å²) in [7, 11) is -4.43. The summed E-state index contributed by atoms with van der Waals surface area (Å²) in [6.45, 7) is 4.51. The van der Waals surface area contributed by atoms with Crippen LogP contribution in [0, 0.1) is 22.9 Å². The standard InChI is InChI=1S/C12H16FN3O5S/c1-4-14-12(17)8(3)15-22(20,21)11-6-9(13)7(2)5-10(11)16(18)19/h5-6,8,15H,4H2,1-3H3,(H,14,17). The summed E-state index contributed by atoms with van der Waals surface area (Å²) in [6, 6.07) is 0.245. The summed E-state index contributed by atoms with van der Waals surface area (Å²) in [5, 5.41) is 13.4. The minimum Gasteiger partial charge on any atom is -0.355 e. The lowest BCUT2D eigenvalue weighted by Crippen LogP contribution is -2.44. The van der Waals surface area contributed by atoms with E-state index in [-0.39, 0.29) is 5.56 Å². The average Bonchev–Trinajstić information content (AvgIpc) is 2.40. The molecule has 0 fully saturated rings. The molecule has 0 saturated heterocycles. The smallest absolute Gasteiger partial charge is 0.289 e. The van der Waals surface area contributed by atoms with E-state index in [1.54, 1.807) is 6.92 Å². The molecule has 8 nitrogen and oxygen atoms in total. The average molecular weight is 333 g/mol. The van der Waals surface area contributed by atoms with Crippen molar-refractivity contribution in [1.29, 1.82) is 0 Å². The molecule has 22 heavy (non-hydrogen) atoms. The number of aryl methyl sites for hydroxylation is 1. The first-order valence-electron chi connectivity index (χ1n) is 6.34. The zero-order valence-electron chi connectivity index (χ0n) is 12.2. The van der Waals surface area contributed by atoms with Crippen LogP contribution in [0.25, 0.3) is 0 Å². The summed E-state index contributed by atoms with van der Waals surface area (Å²) in [4.78, 5) is 20.8. The van der Waals surface area contributed by atoms with Gasteiger partial charge in [0.25, 0.3) is 5.69 Å². The molecule has 1 atom stereocenters. The lowest BCUT2D eigenvalue weighted by molar-refractivity contribution is -0.387. The highest BCUT2D eigenvalue weighted by Crippen LogP contribution is 2.26. The van der Waals surface area contributed by atoms with Crippen molar-refractivity contribution < 1.29 is 22.5 Å². The van der Waals surface area contributed by atoms with Gasteiger partial charge in [-0.25, -0.2) is 12.8 Å². The molecule has 0 heterocycles. The van der Waals surface area contributed by atoms with Crippen molar-refractivity contribution in [3.05, 3.63) is 33.6 Å². The van der Waals surface area contributed by atoms with Crippen molar-refractivity contribution in [3.63, 3.8) is 0 Å². The minimum atomic E-state index is -4.43. The van der Waals surface area contributed by atoms with Crippen LogP contribution in [0.15, 0.2) is 17.0 Å². The SMILES string of the molecule is CCNC(=O)C(C)NS(=O)(=O)c1cc(F)c(C)cc1[N+](=O)[O-]. The van der Waals surface area contributed by atoms with Gasteiger partial charge < -0.3 is 5.32 Å². The molecule has 1 aromatic carbocycles. The third-order valence-corrected chi connectivity index (χ3v) is 4.37. The second-order valence-electron chi connectivity index (χ2n) is 4.56. The van der Waals surface area contributed by atoms with Gasteiger partial charge in [0, 0.05) is 18.7 Å². The van der Waals surface area contributed by atoms with E-state index in [4.69, 9.17) is 0 Å². The van der Waals surface area contributed by atoms with Gasteiger partial charge in [-0.3, -0.25) is 14.9 Å². The zero-order chi connectivity index (χ0) is 17.1. The fourth-order valence-corrected chi connectivity index (χ4v) is 3.05. The van der Waals surface area contributed by atoms with Gasteiger partial charge in [0.1, 0.15) is 5.82 Å². The number of hydrogen-bond acceptors (Lipinski definition) is 5. The summed E-state index contributed by atoms with van der Waals surface area (Å²) in [6.07, 6.45) is 0. The molecule has 122 valence electrons. The van der Waals surface area contributed by atoms with Crippen molar-refractivity contribution in [2.24, 2.45) is 0 Å². The second-order valence-corrected chi connectivity index (χ2v) is 6.25. The van der Waals surface area contributed by atoms with Crippen LogP contribution in [0.3, 0.4) is 0 Å². The molecule has 1 rings (SSSR count). The molecule has 2 N–H and O–H groups in total. The molecule has 0 saturated carbocycles. The zero-order valence-corrected chi connectivity index (χ0v) is 13.0. The Morgan fingerprint density at radius 1 is 1.45 bits per heavy atom. The Bertz CT molecular complexity index is 705. The lowest BCUT2D eigenvalue weighted by Gasteiger charge is -2.14. The minimum absolute atomic E-state index is 0.0533. The number of likely N-dealkylation sites (N-methyl/N-ethyl adjacent to an activating group) is 1. The van der Waals surface area contributed by atoms with E-state index in [9.17, 15) is 27.7 Å². The van der Waals surface area contributed by atoms with Gasteiger partial charge in [0.2, 0.25) is 15.9 Å². The number of nitrogens with one attached hydrogen (secondary N) is 2. The molecular formula is C12H16FN3O5S. The predicted molar refractivity (Wildman–Crippen MR) is 76.3 cm³/mol. The van der Waals surface area contributed by atoms with Gasteiger partial charge in [-0.2, -0.15) is 4.72 Å². The van der Waals surface area contributed by atoms with Crippen LogP contribution in [0.5, 0.6) is 0 Å². The highest BCUT2D eigenvalue weighted by atomic mass is 32.2. The van der Waals surface area contributed by atoms with E-state index >= 15 is 0 Å². The Kier molecular flexibility index (Phi) is 5.55. The lowest BCUT2D eigenvalue weighted by atomic mass is 10.2. The molecule has 1 amide bonds. The first-order valence-corrected chi connectivity index (χ1v) is 7.83. The van der Waals surface area contributed by atoms with Crippen molar-refractivity contribution in [2.75, 3.05) is 6.54 Å². The normalized spacial score (nSPS) is 12.7. The Morgan fingerprint density at radius 3 is 2.55 bits per heavy atom. The molecule has 1 unspecified atom stereocenters. The Hall–Kier alpha value is -2.07. The van der Waals surface area contributed by atoms with Gasteiger partial charge in [0.05, 0.1) is 11.0 Å². The number of benzene rings is 1. The monoisotopic (exact) mass is 333 g/mol. The van der Waals surface area contributed by atoms with Gasteiger partial charge in [-0.15, -0.1) is 0 Å². The molecule has 0 aromatic heterocycles. The topological polar surface area (TPSA) is 118 Å². The van der Waals surface area contributed by atoms with Crippen molar-refractivity contribution in [3.8, 4) is 0 Å². The highest BCUT2D eigenvalue weighted by molar-refractivity contribution is 7.89. The highest BCUT2D eigenvalue weighted by Gasteiger charge is 2.30. The number of sulfonamides is 1. The van der Waals surface area contributed by atoms with Crippen LogP contribution < -0.4 is 10.0 Å². The Balaban J connectivity index is 3.26. The van der Waals surface area contributed by atoms with Crippen LogP contribution in [-0.2, 0) is 14.8 Å². The summed E-state index contributed by atoms with van der Waals surface area (Å²) in [5.74, 6) is -1.49.